The monoisotopic (exact) mass is 337 g/mol. The van der Waals surface area contributed by atoms with Crippen LogP contribution in [0.1, 0.15) is 30.0 Å². The standard InChI is InChI=1S/C21H23NO3/c1-4-16-8-10-18(11-9-16)22-13-17(12-19(22)23)21(24)25-20-14(2)6-5-7-15(20)3/h5-11,17H,4,12-13H2,1-3H3/t17-/m0/s1. The molecule has 1 aliphatic rings. The zero-order chi connectivity index (χ0) is 18.0. The van der Waals surface area contributed by atoms with E-state index in [4.69, 9.17) is 4.74 Å². The van der Waals surface area contributed by atoms with Crippen molar-refractivity contribution in [1.29, 1.82) is 0 Å². The Hall–Kier alpha value is -2.62. The van der Waals surface area contributed by atoms with Crippen molar-refractivity contribution in [3.63, 3.8) is 0 Å². The van der Waals surface area contributed by atoms with Crippen LogP contribution < -0.4 is 9.64 Å². The molecule has 1 saturated heterocycles. The van der Waals surface area contributed by atoms with Crippen molar-refractivity contribution in [2.45, 2.75) is 33.6 Å². The van der Waals surface area contributed by atoms with Crippen molar-refractivity contribution in [3.8, 4) is 5.75 Å². The maximum atomic E-state index is 12.5. The lowest BCUT2D eigenvalue weighted by molar-refractivity contribution is -0.139. The van der Waals surface area contributed by atoms with E-state index in [1.807, 2.05) is 56.3 Å². The van der Waals surface area contributed by atoms with Crippen LogP contribution in [0.5, 0.6) is 5.75 Å². The Labute approximate surface area is 148 Å². The van der Waals surface area contributed by atoms with Crippen LogP contribution >= 0.6 is 0 Å². The summed E-state index contributed by atoms with van der Waals surface area (Å²) < 4.78 is 5.61. The minimum Gasteiger partial charge on any atom is -0.426 e. The summed E-state index contributed by atoms with van der Waals surface area (Å²) in [6.45, 7) is 6.29. The molecule has 0 aromatic heterocycles. The van der Waals surface area contributed by atoms with Gasteiger partial charge in [-0.15, -0.1) is 0 Å². The summed E-state index contributed by atoms with van der Waals surface area (Å²) in [4.78, 5) is 26.6. The van der Waals surface area contributed by atoms with Crippen LogP contribution in [-0.4, -0.2) is 18.4 Å². The highest BCUT2D eigenvalue weighted by Gasteiger charge is 2.36. The van der Waals surface area contributed by atoms with E-state index in [2.05, 4.69) is 6.92 Å². The summed E-state index contributed by atoms with van der Waals surface area (Å²) >= 11 is 0. The van der Waals surface area contributed by atoms with Crippen LogP contribution in [0.15, 0.2) is 42.5 Å². The number of aryl methyl sites for hydroxylation is 3. The van der Waals surface area contributed by atoms with Crippen molar-refractivity contribution < 1.29 is 14.3 Å². The predicted molar refractivity (Wildman–Crippen MR) is 97.8 cm³/mol. The number of carbonyl (C=O) groups excluding carboxylic acids is 2. The maximum Gasteiger partial charge on any atom is 0.316 e. The van der Waals surface area contributed by atoms with Gasteiger partial charge in [-0.05, 0) is 49.1 Å². The Morgan fingerprint density at radius 1 is 1.12 bits per heavy atom. The van der Waals surface area contributed by atoms with Crippen LogP contribution in [0.25, 0.3) is 0 Å². The molecule has 0 radical (unpaired) electrons. The van der Waals surface area contributed by atoms with Gasteiger partial charge in [0, 0.05) is 18.7 Å². The van der Waals surface area contributed by atoms with Crippen LogP contribution in [0.3, 0.4) is 0 Å². The normalized spacial score (nSPS) is 17.0. The van der Waals surface area contributed by atoms with E-state index in [0.717, 1.165) is 23.2 Å². The predicted octanol–water partition coefficient (Wildman–Crippen LogP) is 3.82. The Bertz CT molecular complexity index is 775. The first-order chi connectivity index (χ1) is 12.0. The number of rotatable bonds is 4. The molecule has 2 aromatic rings. The smallest absolute Gasteiger partial charge is 0.316 e. The van der Waals surface area contributed by atoms with Crippen LogP contribution in [0.2, 0.25) is 0 Å². The zero-order valence-corrected chi connectivity index (χ0v) is 14.9. The highest BCUT2D eigenvalue weighted by atomic mass is 16.5. The molecule has 1 amide bonds. The number of para-hydroxylation sites is 1. The van der Waals surface area contributed by atoms with Gasteiger partial charge in [0.15, 0.2) is 0 Å². The van der Waals surface area contributed by atoms with E-state index in [-0.39, 0.29) is 18.3 Å². The molecule has 0 aliphatic carbocycles. The Balaban J connectivity index is 1.72. The van der Waals surface area contributed by atoms with Gasteiger partial charge in [-0.3, -0.25) is 9.59 Å². The zero-order valence-electron chi connectivity index (χ0n) is 14.9. The molecule has 0 saturated carbocycles. The van der Waals surface area contributed by atoms with Gasteiger partial charge in [0.1, 0.15) is 5.75 Å². The average molecular weight is 337 g/mol. The van der Waals surface area contributed by atoms with Gasteiger partial charge in [-0.1, -0.05) is 37.3 Å². The van der Waals surface area contributed by atoms with E-state index in [9.17, 15) is 9.59 Å². The fourth-order valence-electron chi connectivity index (χ4n) is 3.17. The van der Waals surface area contributed by atoms with Crippen LogP contribution in [-0.2, 0) is 16.0 Å². The van der Waals surface area contributed by atoms with Crippen LogP contribution in [0.4, 0.5) is 5.69 Å². The topological polar surface area (TPSA) is 46.6 Å². The molecule has 25 heavy (non-hydrogen) atoms. The average Bonchev–Trinajstić information content (AvgIpc) is 3.00. The maximum absolute atomic E-state index is 12.5. The first kappa shape index (κ1) is 17.2. The summed E-state index contributed by atoms with van der Waals surface area (Å²) in [6.07, 6.45) is 1.15. The molecule has 1 aliphatic heterocycles. The largest absolute Gasteiger partial charge is 0.426 e. The highest BCUT2D eigenvalue weighted by Crippen LogP contribution is 2.28. The lowest BCUT2D eigenvalue weighted by atomic mass is 10.1. The number of ether oxygens (including phenoxy) is 1. The quantitative estimate of drug-likeness (QED) is 0.629. The van der Waals surface area contributed by atoms with Crippen molar-refractivity contribution in [2.24, 2.45) is 5.92 Å². The van der Waals surface area contributed by atoms with Crippen molar-refractivity contribution in [2.75, 3.05) is 11.4 Å². The number of hydrogen-bond donors (Lipinski definition) is 0. The number of anilines is 1. The molecule has 4 nitrogen and oxygen atoms in total. The fourth-order valence-corrected chi connectivity index (χ4v) is 3.17. The molecule has 0 bridgehead atoms. The molecule has 0 spiro atoms. The lowest BCUT2D eigenvalue weighted by Crippen LogP contribution is -2.27. The molecule has 2 aromatic carbocycles. The third-order valence-corrected chi connectivity index (χ3v) is 4.73. The highest BCUT2D eigenvalue weighted by molar-refractivity contribution is 5.99. The van der Waals surface area contributed by atoms with Gasteiger partial charge in [-0.25, -0.2) is 0 Å². The Kier molecular flexibility index (Phi) is 4.88. The number of hydrogen-bond acceptors (Lipinski definition) is 3. The van der Waals surface area contributed by atoms with Gasteiger partial charge >= 0.3 is 5.97 Å². The molecule has 4 heteroatoms. The SMILES string of the molecule is CCc1ccc(N2C[C@@H](C(=O)Oc3c(C)cccc3C)CC2=O)cc1. The van der Waals surface area contributed by atoms with Crippen molar-refractivity contribution >= 4 is 17.6 Å². The van der Waals surface area contributed by atoms with Crippen molar-refractivity contribution in [1.82, 2.24) is 0 Å². The molecule has 0 unspecified atom stereocenters. The molecular formula is C21H23NO3. The number of benzene rings is 2. The molecule has 0 N–H and O–H groups in total. The molecular weight excluding hydrogens is 314 g/mol. The summed E-state index contributed by atoms with van der Waals surface area (Å²) in [6, 6.07) is 13.7. The Morgan fingerprint density at radius 2 is 1.76 bits per heavy atom. The van der Waals surface area contributed by atoms with E-state index < -0.39 is 5.92 Å². The first-order valence-electron chi connectivity index (χ1n) is 8.66. The molecule has 1 atom stereocenters. The third kappa shape index (κ3) is 3.58. The summed E-state index contributed by atoms with van der Waals surface area (Å²) in [5, 5.41) is 0. The summed E-state index contributed by atoms with van der Waals surface area (Å²) in [5.74, 6) is -0.200. The van der Waals surface area contributed by atoms with Gasteiger partial charge < -0.3 is 9.64 Å². The van der Waals surface area contributed by atoms with Gasteiger partial charge in [-0.2, -0.15) is 0 Å². The van der Waals surface area contributed by atoms with E-state index in [1.165, 1.54) is 5.56 Å². The van der Waals surface area contributed by atoms with E-state index in [0.29, 0.717) is 12.3 Å². The van der Waals surface area contributed by atoms with E-state index >= 15 is 0 Å². The minimum absolute atomic E-state index is 0.0345. The number of nitrogens with zero attached hydrogens (tertiary/aromatic N) is 1. The lowest BCUT2D eigenvalue weighted by Gasteiger charge is -2.17. The Morgan fingerprint density at radius 3 is 2.36 bits per heavy atom. The van der Waals surface area contributed by atoms with E-state index in [1.54, 1.807) is 4.90 Å². The fraction of sp³-hybridized carbons (Fsp3) is 0.333. The second kappa shape index (κ2) is 7.09. The van der Waals surface area contributed by atoms with Crippen molar-refractivity contribution in [3.05, 3.63) is 59.2 Å². The number of carbonyl (C=O) groups is 2. The summed E-state index contributed by atoms with van der Waals surface area (Å²) in [7, 11) is 0. The van der Waals surface area contributed by atoms with Gasteiger partial charge in [0.2, 0.25) is 5.91 Å². The molecule has 1 fully saturated rings. The second-order valence-corrected chi connectivity index (χ2v) is 6.57. The van der Waals surface area contributed by atoms with Gasteiger partial charge in [0.25, 0.3) is 0 Å². The minimum atomic E-state index is -0.433. The van der Waals surface area contributed by atoms with Gasteiger partial charge in [0.05, 0.1) is 5.92 Å². The second-order valence-electron chi connectivity index (χ2n) is 6.57. The number of amides is 1. The summed E-state index contributed by atoms with van der Waals surface area (Å²) in [5.41, 5.74) is 3.90. The molecule has 3 rings (SSSR count). The molecule has 130 valence electrons. The first-order valence-corrected chi connectivity index (χ1v) is 8.66. The number of esters is 1. The molecule has 1 heterocycles. The van der Waals surface area contributed by atoms with Crippen LogP contribution in [0, 0.1) is 19.8 Å². The third-order valence-electron chi connectivity index (χ3n) is 4.73.